The Morgan fingerprint density at radius 2 is 1.33 bits per heavy atom. The maximum Gasteiger partial charge on any atom is 0.427 e. The van der Waals surface area contributed by atoms with Gasteiger partial charge in [-0.25, -0.2) is 0 Å². The number of nitrogens with zero attached hydrogens (tertiary/aromatic N) is 1. The van der Waals surface area contributed by atoms with Crippen molar-refractivity contribution in [1.29, 1.82) is 0 Å². The van der Waals surface area contributed by atoms with E-state index in [1.807, 2.05) is 14.2 Å². The Morgan fingerprint density at radius 3 is 1.86 bits per heavy atom. The van der Waals surface area contributed by atoms with Crippen LogP contribution in [0.4, 0.5) is 0 Å². The normalized spacial score (nSPS) is 18.4. The molecule has 1 aliphatic rings. The van der Waals surface area contributed by atoms with E-state index in [4.69, 9.17) is 8.85 Å². The molecule has 21 heavy (non-hydrogen) atoms. The third kappa shape index (κ3) is 6.81. The molecule has 0 spiro atoms. The van der Waals surface area contributed by atoms with Crippen LogP contribution in [0.15, 0.2) is 0 Å². The van der Waals surface area contributed by atoms with Crippen LogP contribution in [0.2, 0.25) is 6.04 Å². The van der Waals surface area contributed by atoms with E-state index in [1.54, 1.807) is 0 Å². The molecule has 0 aromatic carbocycles. The first-order valence-electron chi connectivity index (χ1n) is 9.14. The lowest BCUT2D eigenvalue weighted by molar-refractivity contribution is 0.181. The lowest BCUT2D eigenvalue weighted by Crippen LogP contribution is -2.53. The van der Waals surface area contributed by atoms with Crippen LogP contribution in [0.1, 0.15) is 77.6 Å². The number of unbranched alkanes of at least 4 members (excludes halogenated alkanes) is 9. The average Bonchev–Trinajstić information content (AvgIpc) is 2.92. The van der Waals surface area contributed by atoms with Gasteiger partial charge in [-0.3, -0.25) is 4.57 Å². The molecule has 0 bridgehead atoms. The van der Waals surface area contributed by atoms with E-state index in [1.165, 1.54) is 83.7 Å². The fourth-order valence-corrected chi connectivity index (χ4v) is 6.45. The van der Waals surface area contributed by atoms with Gasteiger partial charge in [0.25, 0.3) is 0 Å². The molecule has 0 aromatic heterocycles. The molecule has 1 aliphatic heterocycles. The van der Waals surface area contributed by atoms with Gasteiger partial charge in [-0.1, -0.05) is 64.7 Å². The number of hydrogen-bond acceptors (Lipinski definition) is 3. The maximum absolute atomic E-state index is 5.75. The van der Waals surface area contributed by atoms with Gasteiger partial charge in [0.05, 0.1) is 0 Å². The smallest absolute Gasteiger partial charge is 0.386 e. The zero-order chi connectivity index (χ0) is 15.4. The van der Waals surface area contributed by atoms with Crippen molar-refractivity contribution in [3.05, 3.63) is 0 Å². The topological polar surface area (TPSA) is 21.7 Å². The van der Waals surface area contributed by atoms with Crippen LogP contribution in [0.3, 0.4) is 0 Å². The predicted molar refractivity (Wildman–Crippen MR) is 92.6 cm³/mol. The van der Waals surface area contributed by atoms with E-state index >= 15 is 0 Å². The van der Waals surface area contributed by atoms with Gasteiger partial charge in [-0.2, -0.15) is 0 Å². The highest BCUT2D eigenvalue weighted by Gasteiger charge is 2.46. The van der Waals surface area contributed by atoms with Crippen LogP contribution in [-0.2, 0) is 8.85 Å². The van der Waals surface area contributed by atoms with E-state index < -0.39 is 8.72 Å². The first-order valence-corrected chi connectivity index (χ1v) is 11.1. The summed E-state index contributed by atoms with van der Waals surface area (Å²) in [5.41, 5.74) is 0. The fraction of sp³-hybridized carbons (Fsp3) is 1.00. The molecule has 0 saturated carbocycles. The molecule has 1 rings (SSSR count). The summed E-state index contributed by atoms with van der Waals surface area (Å²) in [4.78, 5) is 0. The number of rotatable bonds is 13. The highest BCUT2D eigenvalue weighted by molar-refractivity contribution is 6.65. The monoisotopic (exact) mass is 315 g/mol. The van der Waals surface area contributed by atoms with Crippen molar-refractivity contribution >= 4 is 8.72 Å². The van der Waals surface area contributed by atoms with Gasteiger partial charge in [0.1, 0.15) is 0 Å². The third-order valence-electron chi connectivity index (χ3n) is 4.82. The van der Waals surface area contributed by atoms with E-state index in [0.717, 1.165) is 6.04 Å². The fourth-order valence-electron chi connectivity index (χ4n) is 3.44. The van der Waals surface area contributed by atoms with Gasteiger partial charge < -0.3 is 8.85 Å². The molecular weight excluding hydrogens is 278 g/mol. The van der Waals surface area contributed by atoms with Crippen LogP contribution in [0.5, 0.6) is 0 Å². The van der Waals surface area contributed by atoms with Gasteiger partial charge in [-0.05, 0) is 25.9 Å². The molecule has 3 nitrogen and oxygen atoms in total. The molecule has 0 N–H and O–H groups in total. The molecule has 0 amide bonds. The van der Waals surface area contributed by atoms with E-state index in [9.17, 15) is 0 Å². The summed E-state index contributed by atoms with van der Waals surface area (Å²) in [6.45, 7) is 4.63. The minimum Gasteiger partial charge on any atom is -0.386 e. The summed E-state index contributed by atoms with van der Waals surface area (Å²) in [5, 5.41) is 0. The van der Waals surface area contributed by atoms with Crippen LogP contribution in [-0.4, -0.2) is 40.6 Å². The Kier molecular flexibility index (Phi) is 10.6. The molecular formula is C17H37NO2Si. The van der Waals surface area contributed by atoms with Gasteiger partial charge in [0, 0.05) is 20.3 Å². The largest absolute Gasteiger partial charge is 0.427 e. The zero-order valence-electron chi connectivity index (χ0n) is 14.7. The standard InChI is InChI=1S/C17H37NO2Si/c1-4-5-6-7-8-9-10-11-12-13-15-18-16-14-17-21(18,19-2)20-3/h4-17H2,1-3H3. The molecule has 0 aliphatic carbocycles. The summed E-state index contributed by atoms with van der Waals surface area (Å²) in [5.74, 6) is 0. The van der Waals surface area contributed by atoms with Crippen molar-refractivity contribution in [3.63, 3.8) is 0 Å². The minimum atomic E-state index is -1.97. The van der Waals surface area contributed by atoms with Crippen LogP contribution < -0.4 is 0 Å². The summed E-state index contributed by atoms with van der Waals surface area (Å²) >= 11 is 0. The summed E-state index contributed by atoms with van der Waals surface area (Å²) in [6.07, 6.45) is 15.2. The quantitative estimate of drug-likeness (QED) is 0.358. The van der Waals surface area contributed by atoms with E-state index in [-0.39, 0.29) is 0 Å². The maximum atomic E-state index is 5.75. The van der Waals surface area contributed by atoms with E-state index in [0.29, 0.717) is 0 Å². The molecule has 126 valence electrons. The summed E-state index contributed by atoms with van der Waals surface area (Å²) in [7, 11) is 1.68. The highest BCUT2D eigenvalue weighted by atomic mass is 28.4. The second-order valence-corrected chi connectivity index (χ2v) is 9.77. The minimum absolute atomic E-state index is 1.14. The molecule has 0 radical (unpaired) electrons. The van der Waals surface area contributed by atoms with Gasteiger partial charge in [0.15, 0.2) is 0 Å². The van der Waals surface area contributed by atoms with Crippen molar-refractivity contribution in [2.45, 2.75) is 83.6 Å². The van der Waals surface area contributed by atoms with Crippen molar-refractivity contribution in [2.24, 2.45) is 0 Å². The molecule has 1 heterocycles. The molecule has 4 heteroatoms. The molecule has 1 saturated heterocycles. The lowest BCUT2D eigenvalue weighted by atomic mass is 10.1. The van der Waals surface area contributed by atoms with Crippen LogP contribution in [0, 0.1) is 0 Å². The van der Waals surface area contributed by atoms with E-state index in [2.05, 4.69) is 11.5 Å². The SMILES string of the molecule is CCCCCCCCCCCCN1CCC[Si]1(OC)OC. The van der Waals surface area contributed by atoms with Crippen LogP contribution >= 0.6 is 0 Å². The number of hydrogen-bond donors (Lipinski definition) is 0. The van der Waals surface area contributed by atoms with Gasteiger partial charge >= 0.3 is 8.72 Å². The lowest BCUT2D eigenvalue weighted by Gasteiger charge is -2.31. The first-order chi connectivity index (χ1) is 10.3. The summed E-state index contributed by atoms with van der Waals surface area (Å²) < 4.78 is 14.0. The average molecular weight is 316 g/mol. The Labute approximate surface area is 133 Å². The Balaban J connectivity index is 1.97. The third-order valence-corrected chi connectivity index (χ3v) is 8.49. The molecule has 0 unspecified atom stereocenters. The summed E-state index contributed by atoms with van der Waals surface area (Å²) in [6, 6.07) is 1.14. The molecule has 1 fully saturated rings. The zero-order valence-corrected chi connectivity index (χ0v) is 15.7. The molecule has 0 aromatic rings. The first kappa shape index (κ1) is 19.1. The Bertz CT molecular complexity index is 247. The second-order valence-electron chi connectivity index (χ2n) is 6.39. The van der Waals surface area contributed by atoms with Crippen molar-refractivity contribution in [2.75, 3.05) is 27.3 Å². The molecule has 0 atom stereocenters. The van der Waals surface area contributed by atoms with Crippen molar-refractivity contribution < 1.29 is 8.85 Å². The van der Waals surface area contributed by atoms with Crippen molar-refractivity contribution in [1.82, 2.24) is 4.57 Å². The predicted octanol–water partition coefficient (Wildman–Crippen LogP) is 4.84. The van der Waals surface area contributed by atoms with Crippen LogP contribution in [0.25, 0.3) is 0 Å². The Morgan fingerprint density at radius 1 is 0.810 bits per heavy atom. The highest BCUT2D eigenvalue weighted by Crippen LogP contribution is 2.27. The van der Waals surface area contributed by atoms with Gasteiger partial charge in [-0.15, -0.1) is 0 Å². The second kappa shape index (κ2) is 11.6. The van der Waals surface area contributed by atoms with Gasteiger partial charge in [0.2, 0.25) is 0 Å². The van der Waals surface area contributed by atoms with Crippen molar-refractivity contribution in [3.8, 4) is 0 Å². The Hall–Kier alpha value is 0.0969.